The van der Waals surface area contributed by atoms with Crippen molar-refractivity contribution < 1.29 is 14.6 Å². The number of likely N-dealkylation sites (tertiary alicyclic amines) is 1. The van der Waals surface area contributed by atoms with Gasteiger partial charge in [0.05, 0.1) is 17.1 Å². The van der Waals surface area contributed by atoms with Crippen LogP contribution in [0.1, 0.15) is 25.7 Å². The normalized spacial score (nSPS) is 20.9. The number of H-pyrrole nitrogens is 1. The number of nitrogens with one attached hydrogen (secondary N) is 1. The fraction of sp³-hybridized carbons (Fsp3) is 0.385. The molecule has 0 spiro atoms. The van der Waals surface area contributed by atoms with Crippen LogP contribution < -0.4 is 4.74 Å². The molecular formula is C26H30N4O3. The highest BCUT2D eigenvalue weighted by molar-refractivity contribution is 5.90. The Kier molecular flexibility index (Phi) is 6.05. The van der Waals surface area contributed by atoms with Crippen molar-refractivity contribution in [1.82, 2.24) is 20.0 Å². The molecule has 1 saturated heterocycles. The first-order chi connectivity index (χ1) is 16.1. The monoisotopic (exact) mass is 446 g/mol. The number of hydrogen-bond donors (Lipinski definition) is 2. The van der Waals surface area contributed by atoms with Crippen molar-refractivity contribution >= 4 is 16.8 Å². The molecule has 1 aromatic heterocycles. The fourth-order valence-electron chi connectivity index (χ4n) is 4.63. The van der Waals surface area contributed by atoms with E-state index in [0.29, 0.717) is 0 Å². The van der Waals surface area contributed by atoms with E-state index in [1.807, 2.05) is 42.3 Å². The predicted octanol–water partition coefficient (Wildman–Crippen LogP) is 3.96. The minimum Gasteiger partial charge on any atom is -0.508 e. The van der Waals surface area contributed by atoms with Gasteiger partial charge in [-0.05, 0) is 61.3 Å². The number of benzene rings is 2. The van der Waals surface area contributed by atoms with Crippen LogP contribution in [0, 0.1) is 0 Å². The summed E-state index contributed by atoms with van der Waals surface area (Å²) < 4.78 is 6.34. The number of carbonyl (C=O) groups excluding carboxylic acids is 1. The second kappa shape index (κ2) is 9.27. The van der Waals surface area contributed by atoms with Crippen LogP contribution in [0.2, 0.25) is 0 Å². The second-order valence-corrected chi connectivity index (χ2v) is 9.08. The van der Waals surface area contributed by atoms with Gasteiger partial charge in [-0.2, -0.15) is 5.10 Å². The minimum atomic E-state index is 0.0594. The average molecular weight is 447 g/mol. The molecule has 2 fully saturated rings. The molecule has 1 aliphatic heterocycles. The number of likely N-dealkylation sites (N-methyl/N-ethyl adjacent to an activating group) is 1. The van der Waals surface area contributed by atoms with Crippen molar-refractivity contribution in [1.29, 1.82) is 0 Å². The van der Waals surface area contributed by atoms with Crippen molar-refractivity contribution in [2.24, 2.45) is 0 Å². The molecule has 172 valence electrons. The van der Waals surface area contributed by atoms with Gasteiger partial charge in [-0.25, -0.2) is 0 Å². The molecular weight excluding hydrogens is 416 g/mol. The largest absolute Gasteiger partial charge is 0.508 e. The number of rotatable bonds is 7. The first-order valence-corrected chi connectivity index (χ1v) is 11.7. The zero-order chi connectivity index (χ0) is 22.8. The molecule has 0 bridgehead atoms. The number of fused-ring (bicyclic) bond motifs is 1. The van der Waals surface area contributed by atoms with Gasteiger partial charge in [0, 0.05) is 38.6 Å². The van der Waals surface area contributed by atoms with Gasteiger partial charge >= 0.3 is 0 Å². The summed E-state index contributed by atoms with van der Waals surface area (Å²) in [5.41, 5.74) is 2.89. The molecule has 5 rings (SSSR count). The van der Waals surface area contributed by atoms with Gasteiger partial charge in [0.15, 0.2) is 0 Å². The zero-order valence-corrected chi connectivity index (χ0v) is 18.9. The van der Waals surface area contributed by atoms with Gasteiger partial charge < -0.3 is 14.7 Å². The maximum absolute atomic E-state index is 12.5. The van der Waals surface area contributed by atoms with Crippen molar-refractivity contribution in [3.8, 4) is 22.6 Å². The van der Waals surface area contributed by atoms with Crippen LogP contribution in [0.5, 0.6) is 11.5 Å². The predicted molar refractivity (Wildman–Crippen MR) is 128 cm³/mol. The van der Waals surface area contributed by atoms with Crippen LogP contribution in [0.3, 0.4) is 0 Å². The molecule has 2 aliphatic rings. The third kappa shape index (κ3) is 4.73. The Morgan fingerprint density at radius 3 is 2.73 bits per heavy atom. The summed E-state index contributed by atoms with van der Waals surface area (Å²) in [5.74, 6) is 1.08. The van der Waals surface area contributed by atoms with Crippen LogP contribution in [0.4, 0.5) is 0 Å². The number of amides is 1. The summed E-state index contributed by atoms with van der Waals surface area (Å²) in [6.07, 6.45) is 9.68. The zero-order valence-electron chi connectivity index (χ0n) is 18.9. The molecule has 2 heterocycles. The topological polar surface area (TPSA) is 81.7 Å². The Hall–Kier alpha value is -3.32. The number of hydrogen-bond acceptors (Lipinski definition) is 5. The number of aromatic nitrogens is 2. The van der Waals surface area contributed by atoms with E-state index in [1.165, 1.54) is 12.8 Å². The van der Waals surface area contributed by atoms with E-state index in [4.69, 9.17) is 4.74 Å². The van der Waals surface area contributed by atoms with Crippen LogP contribution in [0.25, 0.3) is 22.0 Å². The summed E-state index contributed by atoms with van der Waals surface area (Å²) >= 11 is 0. The van der Waals surface area contributed by atoms with Crippen molar-refractivity contribution in [2.45, 2.75) is 37.8 Å². The Morgan fingerprint density at radius 2 is 1.97 bits per heavy atom. The standard InChI is InChI=1S/C26H30N4O3/c1-29(26(32)5-4-12-30-10-2-3-11-30)20-15-22(16-20)33-25-14-19(13-24-23(25)17-27-28-24)18-6-8-21(31)9-7-18/h4-9,13-14,17,20,22,31H,2-3,10-12,15-16H2,1H3,(H,27,28)/b5-4+. The SMILES string of the molecule is CN(C(=O)/C=C/CN1CCCC1)C1CC(Oc2cc(-c3ccc(O)cc3)cc3[nH]ncc23)C1. The van der Waals surface area contributed by atoms with E-state index >= 15 is 0 Å². The highest BCUT2D eigenvalue weighted by Crippen LogP contribution is 2.36. The van der Waals surface area contributed by atoms with E-state index < -0.39 is 0 Å². The maximum Gasteiger partial charge on any atom is 0.246 e. The molecule has 1 amide bonds. The van der Waals surface area contributed by atoms with Crippen LogP contribution >= 0.6 is 0 Å². The molecule has 1 saturated carbocycles. The maximum atomic E-state index is 12.5. The van der Waals surface area contributed by atoms with E-state index in [1.54, 1.807) is 24.4 Å². The number of aromatic hydroxyl groups is 1. The van der Waals surface area contributed by atoms with Gasteiger partial charge in [-0.1, -0.05) is 18.2 Å². The average Bonchev–Trinajstić information content (AvgIpc) is 3.47. The lowest BCUT2D eigenvalue weighted by molar-refractivity contribution is -0.130. The fourth-order valence-corrected chi connectivity index (χ4v) is 4.63. The van der Waals surface area contributed by atoms with E-state index in [0.717, 1.165) is 60.3 Å². The lowest BCUT2D eigenvalue weighted by Crippen LogP contribution is -2.49. The molecule has 7 heteroatoms. The highest BCUT2D eigenvalue weighted by Gasteiger charge is 2.35. The van der Waals surface area contributed by atoms with Gasteiger partial charge in [0.25, 0.3) is 0 Å². The summed E-state index contributed by atoms with van der Waals surface area (Å²) in [6, 6.07) is 11.4. The Morgan fingerprint density at radius 1 is 1.21 bits per heavy atom. The van der Waals surface area contributed by atoms with Gasteiger partial charge in [0.2, 0.25) is 5.91 Å². The molecule has 1 aliphatic carbocycles. The van der Waals surface area contributed by atoms with Crippen LogP contribution in [0.15, 0.2) is 54.7 Å². The van der Waals surface area contributed by atoms with Gasteiger partial charge in [-0.15, -0.1) is 0 Å². The lowest BCUT2D eigenvalue weighted by Gasteiger charge is -2.40. The third-order valence-electron chi connectivity index (χ3n) is 6.80. The van der Waals surface area contributed by atoms with Gasteiger partial charge in [0.1, 0.15) is 17.6 Å². The number of aromatic amines is 1. The molecule has 2 aromatic carbocycles. The highest BCUT2D eigenvalue weighted by atomic mass is 16.5. The van der Waals surface area contributed by atoms with E-state index in [2.05, 4.69) is 15.1 Å². The number of carbonyl (C=O) groups is 1. The first kappa shape index (κ1) is 21.5. The lowest BCUT2D eigenvalue weighted by atomic mass is 9.88. The van der Waals surface area contributed by atoms with Crippen LogP contribution in [-0.4, -0.2) is 69.8 Å². The van der Waals surface area contributed by atoms with Crippen molar-refractivity contribution in [3.63, 3.8) is 0 Å². The molecule has 3 aromatic rings. The van der Waals surface area contributed by atoms with Crippen molar-refractivity contribution in [2.75, 3.05) is 26.7 Å². The smallest absolute Gasteiger partial charge is 0.246 e. The number of phenols is 1. The molecule has 33 heavy (non-hydrogen) atoms. The number of nitrogens with zero attached hydrogens (tertiary/aromatic N) is 3. The van der Waals surface area contributed by atoms with E-state index in [9.17, 15) is 9.90 Å². The summed E-state index contributed by atoms with van der Waals surface area (Å²) in [7, 11) is 1.88. The first-order valence-electron chi connectivity index (χ1n) is 11.7. The van der Waals surface area contributed by atoms with Crippen LogP contribution in [-0.2, 0) is 4.79 Å². The summed E-state index contributed by atoms with van der Waals surface area (Å²) in [4.78, 5) is 16.7. The van der Waals surface area contributed by atoms with Gasteiger partial charge in [-0.3, -0.25) is 14.8 Å². The van der Waals surface area contributed by atoms with E-state index in [-0.39, 0.29) is 23.8 Å². The number of ether oxygens (including phenoxy) is 1. The molecule has 0 radical (unpaired) electrons. The Labute approximate surface area is 193 Å². The Balaban J connectivity index is 1.21. The minimum absolute atomic E-state index is 0.0594. The quantitative estimate of drug-likeness (QED) is 0.537. The molecule has 0 unspecified atom stereocenters. The number of phenolic OH excluding ortho intramolecular Hbond substituents is 1. The Bertz CT molecular complexity index is 1140. The summed E-state index contributed by atoms with van der Waals surface area (Å²) in [5, 5.41) is 17.7. The molecule has 2 N–H and O–H groups in total. The summed E-state index contributed by atoms with van der Waals surface area (Å²) in [6.45, 7) is 3.12. The third-order valence-corrected chi connectivity index (χ3v) is 6.80. The second-order valence-electron chi connectivity index (χ2n) is 9.08. The molecule has 0 atom stereocenters. The van der Waals surface area contributed by atoms with Crippen molar-refractivity contribution in [3.05, 3.63) is 54.7 Å². The molecule has 7 nitrogen and oxygen atoms in total.